The van der Waals surface area contributed by atoms with Crippen LogP contribution in [0.25, 0.3) is 11.0 Å². The van der Waals surface area contributed by atoms with Gasteiger partial charge in [-0.2, -0.15) is 5.26 Å². The van der Waals surface area contributed by atoms with Crippen LogP contribution >= 0.6 is 11.8 Å². The lowest BCUT2D eigenvalue weighted by Crippen LogP contribution is -2.34. The number of benzene rings is 2. The lowest BCUT2D eigenvalue weighted by molar-refractivity contribution is -0.116. The maximum absolute atomic E-state index is 14.1. The molecule has 0 N–H and O–H groups in total. The predicted octanol–water partition coefficient (Wildman–Crippen LogP) is 4.12. The molecule has 0 saturated carbocycles. The fraction of sp³-hybridized carbons (Fsp3) is 0.200. The number of nitrogens with zero attached hydrogens (tertiary/aromatic N) is 4. The summed E-state index contributed by atoms with van der Waals surface area (Å²) >= 11 is 1.26. The molecule has 0 unspecified atom stereocenters. The Balaban J connectivity index is 1.79. The van der Waals surface area contributed by atoms with Crippen molar-refractivity contribution in [2.45, 2.75) is 18.4 Å². The summed E-state index contributed by atoms with van der Waals surface area (Å²) in [6, 6.07) is 15.6. The molecule has 136 valence electrons. The Bertz CT molecular complexity index is 1020. The molecule has 0 aliphatic carbocycles. The number of fused-ring (bicyclic) bond motifs is 1. The molecular weight excluding hydrogens is 363 g/mol. The summed E-state index contributed by atoms with van der Waals surface area (Å²) in [5, 5.41) is 9.52. The molecule has 0 atom stereocenters. The first-order chi connectivity index (χ1) is 13.1. The van der Waals surface area contributed by atoms with Crippen LogP contribution in [-0.4, -0.2) is 28.2 Å². The number of carbonyl (C=O) groups excluding carboxylic acids is 1. The number of hydrogen-bond donors (Lipinski definition) is 0. The van der Waals surface area contributed by atoms with Gasteiger partial charge in [0.15, 0.2) is 0 Å². The standard InChI is InChI=1S/C20H17FN4OS/c1-14-20(24-17-9-4-3-8-16(17)23-14)27-13-19(26)25(12-6-11-22)18-10-5-2-7-15(18)21/h2-5,7-10H,6,12-13H2,1H3. The van der Waals surface area contributed by atoms with Crippen LogP contribution in [0.2, 0.25) is 0 Å². The van der Waals surface area contributed by atoms with Gasteiger partial charge in [0.1, 0.15) is 10.8 Å². The van der Waals surface area contributed by atoms with E-state index in [1.807, 2.05) is 37.3 Å². The van der Waals surface area contributed by atoms with Gasteiger partial charge in [0.25, 0.3) is 0 Å². The monoisotopic (exact) mass is 380 g/mol. The summed E-state index contributed by atoms with van der Waals surface area (Å²) in [6.07, 6.45) is 0.125. The van der Waals surface area contributed by atoms with E-state index in [4.69, 9.17) is 5.26 Å². The van der Waals surface area contributed by atoms with E-state index in [0.29, 0.717) is 5.03 Å². The largest absolute Gasteiger partial charge is 0.308 e. The Labute approximate surface area is 160 Å². The zero-order valence-electron chi connectivity index (χ0n) is 14.7. The van der Waals surface area contributed by atoms with Crippen molar-refractivity contribution in [2.75, 3.05) is 17.2 Å². The second-order valence-electron chi connectivity index (χ2n) is 5.80. The molecule has 1 aromatic heterocycles. The van der Waals surface area contributed by atoms with Crippen molar-refractivity contribution in [1.82, 2.24) is 9.97 Å². The van der Waals surface area contributed by atoms with E-state index in [0.717, 1.165) is 16.7 Å². The van der Waals surface area contributed by atoms with Gasteiger partial charge >= 0.3 is 0 Å². The molecule has 0 bridgehead atoms. The number of amides is 1. The summed E-state index contributed by atoms with van der Waals surface area (Å²) in [5.41, 5.74) is 2.47. The predicted molar refractivity (Wildman–Crippen MR) is 104 cm³/mol. The van der Waals surface area contributed by atoms with Crippen LogP contribution < -0.4 is 4.90 Å². The third-order valence-electron chi connectivity index (χ3n) is 3.93. The van der Waals surface area contributed by atoms with Crippen LogP contribution in [0, 0.1) is 24.1 Å². The van der Waals surface area contributed by atoms with Crippen molar-refractivity contribution in [3.63, 3.8) is 0 Å². The van der Waals surface area contributed by atoms with E-state index in [9.17, 15) is 9.18 Å². The highest BCUT2D eigenvalue weighted by atomic mass is 32.2. The molecule has 0 spiro atoms. The van der Waals surface area contributed by atoms with E-state index in [1.54, 1.807) is 12.1 Å². The average molecular weight is 380 g/mol. The van der Waals surface area contributed by atoms with Crippen LogP contribution in [0.1, 0.15) is 12.1 Å². The Morgan fingerprint density at radius 2 is 1.81 bits per heavy atom. The molecular formula is C20H17FN4OS. The molecule has 1 amide bonds. The third-order valence-corrected chi connectivity index (χ3v) is 4.98. The number of rotatable bonds is 6. The van der Waals surface area contributed by atoms with Crippen LogP contribution in [0.5, 0.6) is 0 Å². The number of anilines is 1. The first kappa shape index (κ1) is 18.8. The maximum Gasteiger partial charge on any atom is 0.237 e. The molecule has 3 aromatic rings. The number of para-hydroxylation sites is 3. The van der Waals surface area contributed by atoms with Gasteiger partial charge in [0, 0.05) is 6.54 Å². The van der Waals surface area contributed by atoms with Crippen molar-refractivity contribution >= 4 is 34.4 Å². The fourth-order valence-electron chi connectivity index (χ4n) is 2.63. The van der Waals surface area contributed by atoms with E-state index in [2.05, 4.69) is 9.97 Å². The zero-order chi connectivity index (χ0) is 19.2. The highest BCUT2D eigenvalue weighted by Gasteiger charge is 2.19. The maximum atomic E-state index is 14.1. The first-order valence-electron chi connectivity index (χ1n) is 8.38. The number of carbonyl (C=O) groups is 1. The molecule has 3 rings (SSSR count). The Morgan fingerprint density at radius 1 is 1.15 bits per heavy atom. The number of hydrogen-bond acceptors (Lipinski definition) is 5. The molecule has 0 aliphatic rings. The minimum atomic E-state index is -0.490. The minimum absolute atomic E-state index is 0.0770. The molecule has 0 radical (unpaired) electrons. The van der Waals surface area contributed by atoms with Gasteiger partial charge in [-0.3, -0.25) is 4.79 Å². The molecule has 0 aliphatic heterocycles. The van der Waals surface area contributed by atoms with Gasteiger partial charge in [-0.1, -0.05) is 36.0 Å². The lowest BCUT2D eigenvalue weighted by atomic mass is 10.2. The van der Waals surface area contributed by atoms with Gasteiger partial charge in [-0.25, -0.2) is 14.4 Å². The highest BCUT2D eigenvalue weighted by molar-refractivity contribution is 8.00. The topological polar surface area (TPSA) is 69.9 Å². The van der Waals surface area contributed by atoms with Gasteiger partial charge in [0.2, 0.25) is 5.91 Å². The fourth-order valence-corrected chi connectivity index (χ4v) is 3.46. The second-order valence-corrected chi connectivity index (χ2v) is 6.76. The van der Waals surface area contributed by atoms with Crippen molar-refractivity contribution in [3.05, 3.63) is 60.0 Å². The van der Waals surface area contributed by atoms with Crippen LogP contribution in [0.3, 0.4) is 0 Å². The highest BCUT2D eigenvalue weighted by Crippen LogP contribution is 2.24. The van der Waals surface area contributed by atoms with Gasteiger partial charge < -0.3 is 4.90 Å². The molecule has 5 nitrogen and oxygen atoms in total. The molecule has 1 heterocycles. The third kappa shape index (κ3) is 4.41. The zero-order valence-corrected chi connectivity index (χ0v) is 15.5. The van der Waals surface area contributed by atoms with Crippen molar-refractivity contribution < 1.29 is 9.18 Å². The van der Waals surface area contributed by atoms with Crippen molar-refractivity contribution in [3.8, 4) is 6.07 Å². The van der Waals surface area contributed by atoms with Gasteiger partial charge in [-0.15, -0.1) is 0 Å². The minimum Gasteiger partial charge on any atom is -0.308 e. The SMILES string of the molecule is Cc1nc2ccccc2nc1SCC(=O)N(CCC#N)c1ccccc1F. The molecule has 2 aromatic carbocycles. The smallest absolute Gasteiger partial charge is 0.237 e. The number of aromatic nitrogens is 2. The van der Waals surface area contributed by atoms with Crippen LogP contribution in [0.15, 0.2) is 53.6 Å². The van der Waals surface area contributed by atoms with Crippen molar-refractivity contribution in [1.29, 1.82) is 5.26 Å². The molecule has 0 fully saturated rings. The molecule has 27 heavy (non-hydrogen) atoms. The summed E-state index contributed by atoms with van der Waals surface area (Å²) in [4.78, 5) is 23.1. The second kappa shape index (κ2) is 8.60. The van der Waals surface area contributed by atoms with E-state index in [1.165, 1.54) is 28.8 Å². The summed E-state index contributed by atoms with van der Waals surface area (Å²) in [7, 11) is 0. The van der Waals surface area contributed by atoms with Gasteiger partial charge in [0.05, 0.1) is 40.7 Å². The Morgan fingerprint density at radius 3 is 2.52 bits per heavy atom. The summed E-state index contributed by atoms with van der Waals surface area (Å²) < 4.78 is 14.1. The van der Waals surface area contributed by atoms with E-state index in [-0.39, 0.29) is 30.3 Å². The summed E-state index contributed by atoms with van der Waals surface area (Å²) in [6.45, 7) is 1.98. The number of aryl methyl sites for hydroxylation is 1. The number of thioether (sulfide) groups is 1. The van der Waals surface area contributed by atoms with E-state index >= 15 is 0 Å². The first-order valence-corrected chi connectivity index (χ1v) is 9.36. The number of halogens is 1. The molecule has 0 saturated heterocycles. The van der Waals surface area contributed by atoms with Gasteiger partial charge in [-0.05, 0) is 31.2 Å². The quantitative estimate of drug-likeness (QED) is 0.602. The Kier molecular flexibility index (Phi) is 5.99. The number of nitriles is 1. The summed E-state index contributed by atoms with van der Waals surface area (Å²) in [5.74, 6) is -0.696. The lowest BCUT2D eigenvalue weighted by Gasteiger charge is -2.22. The van der Waals surface area contributed by atoms with Crippen LogP contribution in [0.4, 0.5) is 10.1 Å². The van der Waals surface area contributed by atoms with Crippen LogP contribution in [-0.2, 0) is 4.79 Å². The average Bonchev–Trinajstić information content (AvgIpc) is 2.68. The molecule has 7 heteroatoms. The van der Waals surface area contributed by atoms with Crippen molar-refractivity contribution in [2.24, 2.45) is 0 Å². The van der Waals surface area contributed by atoms with E-state index < -0.39 is 5.82 Å². The normalized spacial score (nSPS) is 10.6. The Hall–Kier alpha value is -2.98.